The predicted molar refractivity (Wildman–Crippen MR) is 98.1 cm³/mol. The van der Waals surface area contributed by atoms with Crippen molar-refractivity contribution >= 4 is 40.2 Å². The van der Waals surface area contributed by atoms with Gasteiger partial charge in [-0.3, -0.25) is 14.6 Å². The second kappa shape index (κ2) is 7.05. The van der Waals surface area contributed by atoms with Crippen molar-refractivity contribution < 1.29 is 9.59 Å². The third-order valence-electron chi connectivity index (χ3n) is 4.07. The van der Waals surface area contributed by atoms with Gasteiger partial charge < -0.3 is 10.2 Å². The second-order valence-electron chi connectivity index (χ2n) is 5.67. The minimum Gasteiger partial charge on any atom is -0.337 e. The van der Waals surface area contributed by atoms with Crippen LogP contribution in [0.25, 0.3) is 10.9 Å². The van der Waals surface area contributed by atoms with Gasteiger partial charge in [0, 0.05) is 30.4 Å². The van der Waals surface area contributed by atoms with E-state index in [0.29, 0.717) is 13.1 Å². The lowest BCUT2D eigenvalue weighted by atomic mass is 10.1. The van der Waals surface area contributed by atoms with E-state index in [-0.39, 0.29) is 17.1 Å². The number of amides is 2. The van der Waals surface area contributed by atoms with Crippen LogP contribution in [-0.4, -0.2) is 45.8 Å². The lowest BCUT2D eigenvalue weighted by molar-refractivity contribution is -0.126. The summed E-state index contributed by atoms with van der Waals surface area (Å²) in [4.78, 5) is 30.5. The van der Waals surface area contributed by atoms with Crippen LogP contribution in [0.15, 0.2) is 43.1 Å². The van der Waals surface area contributed by atoms with Crippen LogP contribution in [0.2, 0.25) is 0 Å². The largest absolute Gasteiger partial charge is 0.337 e. The number of hydrogen-bond donors (Lipinski definition) is 1. The zero-order valence-electron chi connectivity index (χ0n) is 13.5. The lowest BCUT2D eigenvalue weighted by Gasteiger charge is -2.31. The van der Waals surface area contributed by atoms with E-state index in [1.165, 1.54) is 6.08 Å². The van der Waals surface area contributed by atoms with E-state index in [1.54, 1.807) is 22.9 Å². The molecule has 1 aromatic carbocycles. The molecule has 3 rings (SSSR count). The van der Waals surface area contributed by atoms with Gasteiger partial charge in [-0.05, 0) is 36.8 Å². The first-order valence-corrected chi connectivity index (χ1v) is 8.83. The number of nitrogens with zero attached hydrogens (tertiary/aromatic N) is 2. The fraction of sp³-hybridized carbons (Fsp3) is 0.278. The molecule has 1 aliphatic rings. The standard InChI is InChI=1S/C18H19N3O2S/c1-3-16(22)21-9-10-24-15(11-21)18(23)20-14-7-6-12(2)17-13(14)5-4-8-19-17/h3-8,15H,1,9-11H2,2H3,(H,20,23). The topological polar surface area (TPSA) is 62.3 Å². The minimum atomic E-state index is -0.282. The number of anilines is 1. The number of carbonyl (C=O) groups is 2. The molecule has 0 spiro atoms. The predicted octanol–water partition coefficient (Wildman–Crippen LogP) is 2.61. The number of nitrogens with one attached hydrogen (secondary N) is 1. The van der Waals surface area contributed by atoms with E-state index in [0.717, 1.165) is 27.9 Å². The quantitative estimate of drug-likeness (QED) is 0.872. The molecular weight excluding hydrogens is 322 g/mol. The molecule has 24 heavy (non-hydrogen) atoms. The maximum Gasteiger partial charge on any atom is 0.246 e. The van der Waals surface area contributed by atoms with E-state index in [4.69, 9.17) is 0 Å². The summed E-state index contributed by atoms with van der Waals surface area (Å²) in [6, 6.07) is 7.66. The number of carbonyl (C=O) groups excluding carboxylic acids is 2. The summed E-state index contributed by atoms with van der Waals surface area (Å²) in [6.45, 7) is 6.56. The first-order chi connectivity index (χ1) is 11.6. The van der Waals surface area contributed by atoms with Crippen molar-refractivity contribution in [2.45, 2.75) is 12.2 Å². The first kappa shape index (κ1) is 16.5. The fourth-order valence-corrected chi connectivity index (χ4v) is 3.88. The van der Waals surface area contributed by atoms with Gasteiger partial charge in [-0.2, -0.15) is 0 Å². The van der Waals surface area contributed by atoms with Crippen molar-refractivity contribution in [3.8, 4) is 0 Å². The first-order valence-electron chi connectivity index (χ1n) is 7.78. The summed E-state index contributed by atoms with van der Waals surface area (Å²) in [7, 11) is 0. The summed E-state index contributed by atoms with van der Waals surface area (Å²) in [5.41, 5.74) is 2.70. The van der Waals surface area contributed by atoms with Gasteiger partial charge in [-0.15, -0.1) is 11.8 Å². The van der Waals surface area contributed by atoms with Crippen molar-refractivity contribution in [2.24, 2.45) is 0 Å². The van der Waals surface area contributed by atoms with Gasteiger partial charge in [0.25, 0.3) is 0 Å². The molecule has 1 aromatic heterocycles. The van der Waals surface area contributed by atoms with Crippen molar-refractivity contribution in [1.82, 2.24) is 9.88 Å². The van der Waals surface area contributed by atoms with Crippen molar-refractivity contribution in [3.05, 3.63) is 48.7 Å². The maximum absolute atomic E-state index is 12.6. The van der Waals surface area contributed by atoms with Crippen LogP contribution in [0.4, 0.5) is 5.69 Å². The molecule has 5 nitrogen and oxygen atoms in total. The lowest BCUT2D eigenvalue weighted by Crippen LogP contribution is -2.45. The highest BCUT2D eigenvalue weighted by Crippen LogP contribution is 2.26. The van der Waals surface area contributed by atoms with E-state index in [1.807, 2.05) is 31.2 Å². The Balaban J connectivity index is 1.79. The Morgan fingerprint density at radius 2 is 2.25 bits per heavy atom. The van der Waals surface area contributed by atoms with Crippen molar-refractivity contribution in [3.63, 3.8) is 0 Å². The number of thioether (sulfide) groups is 1. The number of fused-ring (bicyclic) bond motifs is 1. The molecule has 1 N–H and O–H groups in total. The molecular formula is C18H19N3O2S. The third kappa shape index (κ3) is 3.28. The van der Waals surface area contributed by atoms with Gasteiger partial charge >= 0.3 is 0 Å². The van der Waals surface area contributed by atoms with Gasteiger partial charge in [0.05, 0.1) is 11.2 Å². The highest BCUT2D eigenvalue weighted by molar-refractivity contribution is 8.00. The Hall–Kier alpha value is -2.34. The summed E-state index contributed by atoms with van der Waals surface area (Å²) < 4.78 is 0. The molecule has 2 amide bonds. The molecule has 2 heterocycles. The van der Waals surface area contributed by atoms with Crippen LogP contribution in [0, 0.1) is 6.92 Å². The Morgan fingerprint density at radius 1 is 1.42 bits per heavy atom. The van der Waals surface area contributed by atoms with Crippen LogP contribution < -0.4 is 5.32 Å². The zero-order valence-corrected chi connectivity index (χ0v) is 14.3. The number of pyridine rings is 1. The monoisotopic (exact) mass is 341 g/mol. The Labute approximate surface area is 145 Å². The molecule has 1 unspecified atom stereocenters. The molecule has 1 atom stereocenters. The number of aromatic nitrogens is 1. The number of benzene rings is 1. The molecule has 0 saturated carbocycles. The number of rotatable bonds is 3. The molecule has 0 aliphatic carbocycles. The van der Waals surface area contributed by atoms with Gasteiger partial charge in [-0.1, -0.05) is 12.6 Å². The van der Waals surface area contributed by atoms with Crippen LogP contribution >= 0.6 is 11.8 Å². The van der Waals surface area contributed by atoms with Gasteiger partial charge in [-0.25, -0.2) is 0 Å². The van der Waals surface area contributed by atoms with Crippen LogP contribution in [0.5, 0.6) is 0 Å². The molecule has 0 bridgehead atoms. The molecule has 124 valence electrons. The summed E-state index contributed by atoms with van der Waals surface area (Å²) in [5, 5.41) is 3.64. The SMILES string of the molecule is C=CC(=O)N1CCSC(C(=O)Nc2ccc(C)c3ncccc23)C1. The van der Waals surface area contributed by atoms with Gasteiger partial charge in [0.15, 0.2) is 0 Å². The highest BCUT2D eigenvalue weighted by Gasteiger charge is 2.28. The molecule has 1 saturated heterocycles. The number of hydrogen-bond acceptors (Lipinski definition) is 4. The summed E-state index contributed by atoms with van der Waals surface area (Å²) >= 11 is 1.57. The van der Waals surface area contributed by atoms with Gasteiger partial charge in [0.1, 0.15) is 5.25 Å². The average molecular weight is 341 g/mol. The van der Waals surface area contributed by atoms with Crippen molar-refractivity contribution in [1.29, 1.82) is 0 Å². The fourth-order valence-electron chi connectivity index (χ4n) is 2.77. The van der Waals surface area contributed by atoms with Crippen molar-refractivity contribution in [2.75, 3.05) is 24.2 Å². The smallest absolute Gasteiger partial charge is 0.246 e. The average Bonchev–Trinajstić information content (AvgIpc) is 2.63. The van der Waals surface area contributed by atoms with Crippen LogP contribution in [0.3, 0.4) is 0 Å². The molecule has 1 fully saturated rings. The maximum atomic E-state index is 12.6. The number of aryl methyl sites for hydroxylation is 1. The Bertz CT molecular complexity index is 806. The molecule has 1 aliphatic heterocycles. The Kier molecular flexibility index (Phi) is 4.85. The normalized spacial score (nSPS) is 17.5. The molecule has 2 aromatic rings. The third-order valence-corrected chi connectivity index (χ3v) is 5.26. The molecule has 0 radical (unpaired) electrons. The summed E-state index contributed by atoms with van der Waals surface area (Å²) in [5.74, 6) is 0.530. The van der Waals surface area contributed by atoms with E-state index in [2.05, 4.69) is 16.9 Å². The van der Waals surface area contributed by atoms with E-state index < -0.39 is 0 Å². The van der Waals surface area contributed by atoms with Crippen LogP contribution in [0.1, 0.15) is 5.56 Å². The van der Waals surface area contributed by atoms with E-state index in [9.17, 15) is 9.59 Å². The van der Waals surface area contributed by atoms with Crippen LogP contribution in [-0.2, 0) is 9.59 Å². The highest BCUT2D eigenvalue weighted by atomic mass is 32.2. The molecule has 6 heteroatoms. The minimum absolute atomic E-state index is 0.0874. The second-order valence-corrected chi connectivity index (χ2v) is 6.98. The zero-order chi connectivity index (χ0) is 17.1. The Morgan fingerprint density at radius 3 is 3.04 bits per heavy atom. The summed E-state index contributed by atoms with van der Waals surface area (Å²) in [6.07, 6.45) is 3.04. The van der Waals surface area contributed by atoms with E-state index >= 15 is 0 Å². The van der Waals surface area contributed by atoms with Gasteiger partial charge in [0.2, 0.25) is 11.8 Å².